The summed E-state index contributed by atoms with van der Waals surface area (Å²) < 4.78 is 12.2. The molecule has 0 fully saturated rings. The highest BCUT2D eigenvalue weighted by Crippen LogP contribution is 2.30. The molecule has 0 radical (unpaired) electrons. The van der Waals surface area contributed by atoms with Gasteiger partial charge in [0.1, 0.15) is 29.3 Å². The number of carbonyl (C=O) groups is 1. The molecule has 1 amide bonds. The lowest BCUT2D eigenvalue weighted by atomic mass is 9.91. The third-order valence-corrected chi connectivity index (χ3v) is 5.36. The van der Waals surface area contributed by atoms with Crippen molar-refractivity contribution >= 4 is 5.91 Å². The van der Waals surface area contributed by atoms with Crippen LogP contribution in [0.25, 0.3) is 0 Å². The first kappa shape index (κ1) is 22.9. The van der Waals surface area contributed by atoms with Crippen molar-refractivity contribution in [3.05, 3.63) is 139 Å². The molecule has 170 valence electrons. The van der Waals surface area contributed by atoms with Crippen molar-refractivity contribution in [1.29, 1.82) is 0 Å². The quantitative estimate of drug-likeness (QED) is 0.281. The number of para-hydroxylation sites is 2. The molecule has 0 aliphatic carbocycles. The summed E-state index contributed by atoms with van der Waals surface area (Å²) in [5.74, 6) is 1.27. The summed E-state index contributed by atoms with van der Waals surface area (Å²) >= 11 is 0. The number of amides is 1. The first-order valence-corrected chi connectivity index (χ1v) is 11.2. The molecule has 34 heavy (non-hydrogen) atoms. The highest BCUT2D eigenvalue weighted by Gasteiger charge is 2.30. The number of nitrogens with one attached hydrogen (secondary N) is 1. The Balaban J connectivity index is 1.61. The van der Waals surface area contributed by atoms with Crippen LogP contribution in [0.15, 0.2) is 128 Å². The third kappa shape index (κ3) is 6.14. The Morgan fingerprint density at radius 2 is 1.35 bits per heavy atom. The highest BCUT2D eigenvalue weighted by atomic mass is 16.5. The van der Waals surface area contributed by atoms with Crippen LogP contribution in [0.2, 0.25) is 0 Å². The Morgan fingerprint density at radius 3 is 2.00 bits per heavy atom. The van der Waals surface area contributed by atoms with Crippen LogP contribution in [0.1, 0.15) is 17.0 Å². The van der Waals surface area contributed by atoms with Gasteiger partial charge in [-0.05, 0) is 47.5 Å². The van der Waals surface area contributed by atoms with Crippen molar-refractivity contribution in [2.45, 2.75) is 18.6 Å². The fourth-order valence-corrected chi connectivity index (χ4v) is 3.69. The summed E-state index contributed by atoms with van der Waals surface area (Å²) in [4.78, 5) is 13.5. The molecule has 0 spiro atoms. The summed E-state index contributed by atoms with van der Waals surface area (Å²) in [6.45, 7) is 4.38. The molecule has 0 saturated heterocycles. The molecule has 0 heterocycles. The fourth-order valence-electron chi connectivity index (χ4n) is 3.69. The average molecular weight is 450 g/mol. The monoisotopic (exact) mass is 449 g/mol. The van der Waals surface area contributed by atoms with E-state index in [4.69, 9.17) is 9.47 Å². The van der Waals surface area contributed by atoms with E-state index in [1.165, 1.54) is 0 Å². The van der Waals surface area contributed by atoms with Crippen LogP contribution in [-0.2, 0) is 11.3 Å². The van der Waals surface area contributed by atoms with E-state index in [1.807, 2.05) is 115 Å². The molecule has 4 aromatic carbocycles. The maximum absolute atomic E-state index is 13.5. The molecule has 0 unspecified atom stereocenters. The average Bonchev–Trinajstić information content (AvgIpc) is 2.89. The molecule has 0 bridgehead atoms. The second-order valence-electron chi connectivity index (χ2n) is 7.80. The molecular formula is C30H27NO3. The largest absolute Gasteiger partial charge is 0.485 e. The Morgan fingerprint density at radius 1 is 0.765 bits per heavy atom. The minimum Gasteiger partial charge on any atom is -0.485 e. The van der Waals surface area contributed by atoms with Crippen LogP contribution in [0.3, 0.4) is 0 Å². The van der Waals surface area contributed by atoms with E-state index in [-0.39, 0.29) is 5.91 Å². The lowest BCUT2D eigenvalue weighted by Gasteiger charge is -2.26. The Bertz CT molecular complexity index is 1190. The van der Waals surface area contributed by atoms with E-state index in [0.29, 0.717) is 18.0 Å². The molecule has 4 aromatic rings. The van der Waals surface area contributed by atoms with Gasteiger partial charge in [-0.3, -0.25) is 4.79 Å². The molecule has 1 N–H and O–H groups in total. The topological polar surface area (TPSA) is 47.6 Å². The maximum Gasteiger partial charge on any atom is 0.231 e. The minimum atomic E-state index is -0.624. The molecule has 0 aliphatic heterocycles. The molecule has 0 aromatic heterocycles. The van der Waals surface area contributed by atoms with Gasteiger partial charge in [0.15, 0.2) is 0 Å². The minimum absolute atomic E-state index is 0.151. The van der Waals surface area contributed by atoms with Gasteiger partial charge >= 0.3 is 0 Å². The van der Waals surface area contributed by atoms with Crippen LogP contribution in [0.4, 0.5) is 0 Å². The highest BCUT2D eigenvalue weighted by molar-refractivity contribution is 5.85. The number of benzene rings is 4. The van der Waals surface area contributed by atoms with Crippen molar-refractivity contribution in [3.8, 4) is 17.2 Å². The Hall–Kier alpha value is -4.31. The smallest absolute Gasteiger partial charge is 0.231 e. The van der Waals surface area contributed by atoms with E-state index in [9.17, 15) is 4.79 Å². The van der Waals surface area contributed by atoms with Gasteiger partial charge in [-0.15, -0.1) is 0 Å². The lowest BCUT2D eigenvalue weighted by molar-refractivity contribution is -0.124. The van der Waals surface area contributed by atoms with Crippen LogP contribution in [0, 0.1) is 0 Å². The van der Waals surface area contributed by atoms with Gasteiger partial charge in [-0.2, -0.15) is 0 Å². The first-order chi connectivity index (χ1) is 16.7. The number of hydrogen-bond acceptors (Lipinski definition) is 3. The molecule has 4 heteroatoms. The van der Waals surface area contributed by atoms with Crippen molar-refractivity contribution in [3.63, 3.8) is 0 Å². The summed E-state index contributed by atoms with van der Waals surface area (Å²) in [5.41, 5.74) is 1.80. The van der Waals surface area contributed by atoms with Gasteiger partial charge in [0.2, 0.25) is 5.91 Å². The van der Waals surface area contributed by atoms with Crippen molar-refractivity contribution in [2.75, 3.05) is 0 Å². The van der Waals surface area contributed by atoms with Crippen LogP contribution in [0.5, 0.6) is 17.2 Å². The zero-order valence-electron chi connectivity index (χ0n) is 18.8. The van der Waals surface area contributed by atoms with Crippen molar-refractivity contribution in [1.82, 2.24) is 5.32 Å². The van der Waals surface area contributed by atoms with E-state index in [1.54, 1.807) is 6.08 Å². The number of ether oxygens (including phenoxy) is 2. The van der Waals surface area contributed by atoms with Gasteiger partial charge < -0.3 is 14.8 Å². The first-order valence-electron chi connectivity index (χ1n) is 11.2. The van der Waals surface area contributed by atoms with Gasteiger partial charge in [0, 0.05) is 6.54 Å². The number of hydrogen-bond donors (Lipinski definition) is 1. The van der Waals surface area contributed by atoms with E-state index >= 15 is 0 Å². The van der Waals surface area contributed by atoms with E-state index < -0.39 is 12.0 Å². The van der Waals surface area contributed by atoms with E-state index in [2.05, 4.69) is 11.9 Å². The summed E-state index contributed by atoms with van der Waals surface area (Å²) in [6.07, 6.45) is 1.09. The third-order valence-electron chi connectivity index (χ3n) is 5.36. The maximum atomic E-state index is 13.5. The van der Waals surface area contributed by atoms with Crippen LogP contribution >= 0.6 is 0 Å². The SMILES string of the molecule is C=C[C@H](Oc1ccccc1)[C@H](C(=O)NCc1ccccc1)c1cccc(Oc2ccccc2)c1. The second kappa shape index (κ2) is 11.5. The zero-order chi connectivity index (χ0) is 23.6. The summed E-state index contributed by atoms with van der Waals surface area (Å²) in [7, 11) is 0. The van der Waals surface area contributed by atoms with E-state index in [0.717, 1.165) is 16.9 Å². The molecular weight excluding hydrogens is 422 g/mol. The Kier molecular flexibility index (Phi) is 7.75. The lowest BCUT2D eigenvalue weighted by Crippen LogP contribution is -2.37. The van der Waals surface area contributed by atoms with Crippen molar-refractivity contribution < 1.29 is 14.3 Å². The number of rotatable bonds is 10. The van der Waals surface area contributed by atoms with Gasteiger partial charge in [-0.1, -0.05) is 91.5 Å². The predicted molar refractivity (Wildman–Crippen MR) is 135 cm³/mol. The molecule has 4 nitrogen and oxygen atoms in total. The molecule has 2 atom stereocenters. The zero-order valence-corrected chi connectivity index (χ0v) is 18.8. The van der Waals surface area contributed by atoms with Gasteiger partial charge in [0.25, 0.3) is 0 Å². The number of carbonyl (C=O) groups excluding carboxylic acids is 1. The summed E-state index contributed by atoms with van der Waals surface area (Å²) in [5, 5.41) is 3.06. The molecule has 0 saturated carbocycles. The molecule has 0 aliphatic rings. The fraction of sp³-hybridized carbons (Fsp3) is 0.100. The van der Waals surface area contributed by atoms with Crippen LogP contribution < -0.4 is 14.8 Å². The normalized spacial score (nSPS) is 12.2. The Labute approximate surface area is 200 Å². The van der Waals surface area contributed by atoms with Crippen molar-refractivity contribution in [2.24, 2.45) is 0 Å². The second-order valence-corrected chi connectivity index (χ2v) is 7.80. The van der Waals surface area contributed by atoms with Gasteiger partial charge in [-0.25, -0.2) is 0 Å². The standard InChI is InChI=1S/C30H27NO3/c1-2-28(34-26-18-10-5-11-19-26)29(30(32)31-22-23-13-6-3-7-14-23)24-15-12-20-27(21-24)33-25-16-8-4-9-17-25/h2-21,28-29H,1,22H2,(H,31,32)/t28-,29+/m0/s1. The van der Waals surface area contributed by atoms with Crippen LogP contribution in [-0.4, -0.2) is 12.0 Å². The molecule has 4 rings (SSSR count). The van der Waals surface area contributed by atoms with Gasteiger partial charge in [0.05, 0.1) is 0 Å². The predicted octanol–water partition coefficient (Wildman–Crippen LogP) is 6.51. The summed E-state index contributed by atoms with van der Waals surface area (Å²) in [6, 6.07) is 36.4.